The molecule has 98 valence electrons. The summed E-state index contributed by atoms with van der Waals surface area (Å²) in [6, 6.07) is 8.24. The topological polar surface area (TPSA) is 55.1 Å². The second kappa shape index (κ2) is 6.01. The Morgan fingerprint density at radius 1 is 1.44 bits per heavy atom. The Bertz CT molecular complexity index is 417. The summed E-state index contributed by atoms with van der Waals surface area (Å²) in [6.45, 7) is 3.31. The highest BCUT2D eigenvalue weighted by molar-refractivity contribution is 5.79. The van der Waals surface area contributed by atoms with Crippen molar-refractivity contribution < 1.29 is 4.79 Å². The van der Waals surface area contributed by atoms with E-state index in [1.54, 1.807) is 0 Å². The molecule has 0 bridgehead atoms. The van der Waals surface area contributed by atoms with Crippen LogP contribution in [0.3, 0.4) is 0 Å². The van der Waals surface area contributed by atoms with E-state index >= 15 is 0 Å². The summed E-state index contributed by atoms with van der Waals surface area (Å²) >= 11 is 0. The quantitative estimate of drug-likeness (QED) is 0.853. The summed E-state index contributed by atoms with van der Waals surface area (Å²) in [5, 5.41) is 3.04. The standard InChI is InChI=1S/C15H22N2O/c1-11-4-2-5-12(8-11)10-17-15(18)14-7-3-6-13(14)9-16/h2,4-5,8,13-14H,3,6-7,9-10,16H2,1H3,(H,17,18)/t13-,14-/m1/s1. The lowest BCUT2D eigenvalue weighted by Gasteiger charge is -2.17. The van der Waals surface area contributed by atoms with Gasteiger partial charge in [0.1, 0.15) is 0 Å². The predicted octanol–water partition coefficient (Wildman–Crippen LogP) is 1.99. The van der Waals surface area contributed by atoms with E-state index in [0.717, 1.165) is 24.8 Å². The normalized spacial score (nSPS) is 23.0. The van der Waals surface area contributed by atoms with Crippen LogP contribution in [0.25, 0.3) is 0 Å². The van der Waals surface area contributed by atoms with Crippen molar-refractivity contribution in [1.82, 2.24) is 5.32 Å². The number of amides is 1. The summed E-state index contributed by atoms with van der Waals surface area (Å²) in [5.74, 6) is 0.673. The highest BCUT2D eigenvalue weighted by atomic mass is 16.1. The predicted molar refractivity (Wildman–Crippen MR) is 72.9 cm³/mol. The fourth-order valence-electron chi connectivity index (χ4n) is 2.81. The molecule has 2 rings (SSSR count). The minimum absolute atomic E-state index is 0.125. The van der Waals surface area contributed by atoms with Gasteiger partial charge in [-0.05, 0) is 37.8 Å². The van der Waals surface area contributed by atoms with Gasteiger partial charge < -0.3 is 11.1 Å². The van der Waals surface area contributed by atoms with Crippen molar-refractivity contribution in [3.8, 4) is 0 Å². The largest absolute Gasteiger partial charge is 0.352 e. The number of hydrogen-bond acceptors (Lipinski definition) is 2. The zero-order valence-electron chi connectivity index (χ0n) is 11.0. The van der Waals surface area contributed by atoms with Crippen LogP contribution in [0.2, 0.25) is 0 Å². The monoisotopic (exact) mass is 246 g/mol. The minimum atomic E-state index is 0.125. The molecule has 2 atom stereocenters. The van der Waals surface area contributed by atoms with Gasteiger partial charge in [-0.25, -0.2) is 0 Å². The second-order valence-corrected chi connectivity index (χ2v) is 5.24. The first kappa shape index (κ1) is 13.1. The molecule has 3 nitrogen and oxygen atoms in total. The molecule has 1 aromatic rings. The lowest BCUT2D eigenvalue weighted by Crippen LogP contribution is -2.34. The van der Waals surface area contributed by atoms with Gasteiger partial charge in [-0.2, -0.15) is 0 Å². The third kappa shape index (κ3) is 3.10. The van der Waals surface area contributed by atoms with Crippen LogP contribution in [0.15, 0.2) is 24.3 Å². The van der Waals surface area contributed by atoms with Crippen molar-refractivity contribution in [1.29, 1.82) is 0 Å². The summed E-state index contributed by atoms with van der Waals surface area (Å²) < 4.78 is 0. The van der Waals surface area contributed by atoms with Gasteiger partial charge in [0.2, 0.25) is 5.91 Å². The van der Waals surface area contributed by atoms with Crippen LogP contribution in [-0.4, -0.2) is 12.5 Å². The van der Waals surface area contributed by atoms with Crippen LogP contribution < -0.4 is 11.1 Å². The van der Waals surface area contributed by atoms with Gasteiger partial charge in [0, 0.05) is 12.5 Å². The van der Waals surface area contributed by atoms with Crippen molar-refractivity contribution in [3.05, 3.63) is 35.4 Å². The highest BCUT2D eigenvalue weighted by Crippen LogP contribution is 2.30. The van der Waals surface area contributed by atoms with E-state index in [0.29, 0.717) is 19.0 Å². The van der Waals surface area contributed by atoms with Crippen molar-refractivity contribution in [3.63, 3.8) is 0 Å². The molecular formula is C15H22N2O. The Labute approximate surface area is 109 Å². The zero-order chi connectivity index (χ0) is 13.0. The fraction of sp³-hybridized carbons (Fsp3) is 0.533. The Hall–Kier alpha value is -1.35. The van der Waals surface area contributed by atoms with Crippen molar-refractivity contribution >= 4 is 5.91 Å². The van der Waals surface area contributed by atoms with E-state index in [9.17, 15) is 4.79 Å². The van der Waals surface area contributed by atoms with E-state index in [2.05, 4.69) is 24.4 Å². The molecule has 1 fully saturated rings. The van der Waals surface area contributed by atoms with Gasteiger partial charge in [-0.15, -0.1) is 0 Å². The first-order valence-electron chi connectivity index (χ1n) is 6.74. The molecular weight excluding hydrogens is 224 g/mol. The Morgan fingerprint density at radius 2 is 2.28 bits per heavy atom. The fourth-order valence-corrected chi connectivity index (χ4v) is 2.81. The van der Waals surface area contributed by atoms with Crippen molar-refractivity contribution in [2.24, 2.45) is 17.6 Å². The molecule has 1 aromatic carbocycles. The number of nitrogens with two attached hydrogens (primary N) is 1. The average Bonchev–Trinajstić information content (AvgIpc) is 2.84. The van der Waals surface area contributed by atoms with Crippen LogP contribution in [0.1, 0.15) is 30.4 Å². The molecule has 0 spiro atoms. The van der Waals surface area contributed by atoms with Gasteiger partial charge >= 0.3 is 0 Å². The number of aryl methyl sites for hydroxylation is 1. The second-order valence-electron chi connectivity index (χ2n) is 5.24. The summed E-state index contributed by atoms with van der Waals surface area (Å²) in [4.78, 5) is 12.1. The maximum atomic E-state index is 12.1. The lowest BCUT2D eigenvalue weighted by atomic mass is 9.95. The van der Waals surface area contributed by atoms with Crippen LogP contribution in [-0.2, 0) is 11.3 Å². The number of nitrogens with one attached hydrogen (secondary N) is 1. The number of benzene rings is 1. The maximum Gasteiger partial charge on any atom is 0.223 e. The van der Waals surface area contributed by atoms with Crippen LogP contribution in [0.5, 0.6) is 0 Å². The molecule has 0 heterocycles. The minimum Gasteiger partial charge on any atom is -0.352 e. The molecule has 1 aliphatic carbocycles. The molecule has 1 aliphatic rings. The Kier molecular flexibility index (Phi) is 4.37. The highest BCUT2D eigenvalue weighted by Gasteiger charge is 2.31. The van der Waals surface area contributed by atoms with Crippen LogP contribution in [0.4, 0.5) is 0 Å². The maximum absolute atomic E-state index is 12.1. The van der Waals surface area contributed by atoms with E-state index < -0.39 is 0 Å². The van der Waals surface area contributed by atoms with Gasteiger partial charge in [0.25, 0.3) is 0 Å². The van der Waals surface area contributed by atoms with Gasteiger partial charge in [-0.3, -0.25) is 4.79 Å². The van der Waals surface area contributed by atoms with Gasteiger partial charge in [0.15, 0.2) is 0 Å². The first-order chi connectivity index (χ1) is 8.70. The van der Waals surface area contributed by atoms with Gasteiger partial charge in [0.05, 0.1) is 0 Å². The molecule has 18 heavy (non-hydrogen) atoms. The molecule has 0 aromatic heterocycles. The molecule has 0 aliphatic heterocycles. The summed E-state index contributed by atoms with van der Waals surface area (Å²) in [5.41, 5.74) is 8.09. The zero-order valence-corrected chi connectivity index (χ0v) is 11.0. The molecule has 1 amide bonds. The van der Waals surface area contributed by atoms with E-state index in [4.69, 9.17) is 5.73 Å². The summed E-state index contributed by atoms with van der Waals surface area (Å²) in [6.07, 6.45) is 3.21. The number of carbonyl (C=O) groups excluding carboxylic acids is 1. The average molecular weight is 246 g/mol. The third-order valence-corrected chi connectivity index (χ3v) is 3.85. The van der Waals surface area contributed by atoms with Crippen LogP contribution in [0, 0.1) is 18.8 Å². The van der Waals surface area contributed by atoms with Crippen molar-refractivity contribution in [2.75, 3.05) is 6.54 Å². The van der Waals surface area contributed by atoms with E-state index in [-0.39, 0.29) is 11.8 Å². The molecule has 1 saturated carbocycles. The lowest BCUT2D eigenvalue weighted by molar-refractivity contribution is -0.126. The number of hydrogen-bond donors (Lipinski definition) is 2. The number of carbonyl (C=O) groups is 1. The molecule has 3 N–H and O–H groups in total. The van der Waals surface area contributed by atoms with Crippen LogP contribution >= 0.6 is 0 Å². The molecule has 0 unspecified atom stereocenters. The number of rotatable bonds is 4. The van der Waals surface area contributed by atoms with E-state index in [1.807, 2.05) is 12.1 Å². The molecule has 0 saturated heterocycles. The molecule has 0 radical (unpaired) electrons. The Balaban J connectivity index is 1.88. The van der Waals surface area contributed by atoms with Gasteiger partial charge in [-0.1, -0.05) is 36.2 Å². The Morgan fingerprint density at radius 3 is 3.00 bits per heavy atom. The van der Waals surface area contributed by atoms with Crippen molar-refractivity contribution in [2.45, 2.75) is 32.7 Å². The SMILES string of the molecule is Cc1cccc(CNC(=O)[C@@H]2CCC[C@@H]2CN)c1. The smallest absolute Gasteiger partial charge is 0.223 e. The molecule has 3 heteroatoms. The van der Waals surface area contributed by atoms with E-state index in [1.165, 1.54) is 5.56 Å². The first-order valence-corrected chi connectivity index (χ1v) is 6.74. The summed E-state index contributed by atoms with van der Waals surface area (Å²) in [7, 11) is 0. The third-order valence-electron chi connectivity index (χ3n) is 3.85.